The zero-order valence-corrected chi connectivity index (χ0v) is 71.4. The first kappa shape index (κ1) is 105. The summed E-state index contributed by atoms with van der Waals surface area (Å²) in [6.45, 7) is 4.72. The van der Waals surface area contributed by atoms with E-state index in [1.54, 1.807) is 0 Å². The number of carbonyl (C=O) groups is 4. The molecule has 5 unspecified atom stereocenters. The predicted molar refractivity (Wildman–Crippen MR) is 455 cm³/mol. The average Bonchev–Trinajstić information content (AvgIpc) is 0.906. The summed E-state index contributed by atoms with van der Waals surface area (Å²) in [6, 6.07) is 0. The van der Waals surface area contributed by atoms with Crippen molar-refractivity contribution >= 4 is 39.5 Å². The number of rotatable bonds is 82. The van der Waals surface area contributed by atoms with Gasteiger partial charge in [-0.05, 0) is 161 Å². The molecule has 0 aromatic carbocycles. The molecule has 0 spiro atoms. The number of allylic oxidation sites excluding steroid dienone is 20. The molecular weight excluding hydrogens is 1430 g/mol. The van der Waals surface area contributed by atoms with Crippen molar-refractivity contribution in [3.63, 3.8) is 0 Å². The third-order valence-electron chi connectivity index (χ3n) is 18.4. The quantitative estimate of drug-likeness (QED) is 0.0169. The fourth-order valence-electron chi connectivity index (χ4n) is 11.7. The van der Waals surface area contributed by atoms with E-state index in [0.717, 1.165) is 218 Å². The standard InChI is InChI=1S/C91H158O17P2/c1-5-9-13-17-21-25-29-33-37-40-42-45-48-51-55-59-63-67-71-75-88(93)101-81-86(107-90(95)77-73-69-65-61-57-53-47-36-32-28-24-20-16-12-8-4)83-105-109(97,98)103-79-85(92)80-104-110(99,100)106-84-87(108-91(96)78-74-70-66-62-58-54-50-44-39-35-31-27-23-19-15-11-7-3)82-102-89(94)76-72-68-64-60-56-52-49-46-43-41-38-34-30-26-22-18-14-10-6-2/h11,15,21-23,25-27,33-39,42-43,45-47,85-87,92H,5-10,12-14,16-20,24,28-32,40-41,44,48-84H2,1-4H3,(H,97,98)(H,99,100)/b15-11-,25-21-,26-22-,27-23-,37-33-,38-34-,39-35-,45-42-,46-43-,47-36-. The average molecular weight is 1590 g/mol. The molecule has 0 rings (SSSR count). The number of carbonyl (C=O) groups excluding carboxylic acids is 4. The Labute approximate surface area is 670 Å². The van der Waals surface area contributed by atoms with Gasteiger partial charge in [-0.25, -0.2) is 9.13 Å². The number of ether oxygens (including phenoxy) is 4. The maximum Gasteiger partial charge on any atom is 0.472 e. The first-order valence-electron chi connectivity index (χ1n) is 43.8. The molecule has 0 amide bonds. The Morgan fingerprint density at radius 2 is 0.473 bits per heavy atom. The maximum atomic E-state index is 13.2. The van der Waals surface area contributed by atoms with E-state index >= 15 is 0 Å². The zero-order chi connectivity index (χ0) is 80.3. The summed E-state index contributed by atoms with van der Waals surface area (Å²) in [5.41, 5.74) is 0. The Balaban J connectivity index is 5.40. The molecule has 0 aromatic rings. The minimum atomic E-state index is -4.99. The van der Waals surface area contributed by atoms with Gasteiger partial charge in [-0.15, -0.1) is 0 Å². The van der Waals surface area contributed by atoms with Crippen LogP contribution in [0.5, 0.6) is 0 Å². The Kier molecular flexibility index (Phi) is 79.0. The van der Waals surface area contributed by atoms with Gasteiger partial charge in [-0.1, -0.05) is 310 Å². The lowest BCUT2D eigenvalue weighted by atomic mass is 10.1. The van der Waals surface area contributed by atoms with Gasteiger partial charge in [0.15, 0.2) is 12.2 Å². The second-order valence-electron chi connectivity index (χ2n) is 29.1. The predicted octanol–water partition coefficient (Wildman–Crippen LogP) is 26.2. The largest absolute Gasteiger partial charge is 0.472 e. The Hall–Kier alpha value is -4.54. The Morgan fingerprint density at radius 1 is 0.264 bits per heavy atom. The topological polar surface area (TPSA) is 237 Å². The van der Waals surface area contributed by atoms with Crippen LogP contribution in [0.25, 0.3) is 0 Å². The maximum absolute atomic E-state index is 13.2. The van der Waals surface area contributed by atoms with E-state index in [9.17, 15) is 43.2 Å². The van der Waals surface area contributed by atoms with E-state index in [1.807, 2.05) is 0 Å². The van der Waals surface area contributed by atoms with Gasteiger partial charge in [0.1, 0.15) is 19.3 Å². The van der Waals surface area contributed by atoms with Crippen LogP contribution < -0.4 is 0 Å². The van der Waals surface area contributed by atoms with Crippen molar-refractivity contribution in [3.8, 4) is 0 Å². The van der Waals surface area contributed by atoms with Gasteiger partial charge >= 0.3 is 39.5 Å². The van der Waals surface area contributed by atoms with Gasteiger partial charge < -0.3 is 33.8 Å². The molecule has 0 aliphatic rings. The molecule has 0 saturated heterocycles. The van der Waals surface area contributed by atoms with E-state index in [2.05, 4.69) is 149 Å². The van der Waals surface area contributed by atoms with Crippen molar-refractivity contribution in [2.75, 3.05) is 39.6 Å². The SMILES string of the molecule is CC/C=C\C/C=C\C/C=C\CCCCCCCCCC(=O)OC(COC(=O)CCCCCCCC/C=C\C/C=C\C/C=C\CCCCC)COP(=O)(O)OCC(O)COP(=O)(O)OCC(COC(=O)CCCCCCCC/C=C\C/C=C\C/C=C\CCCCC)OC(=O)CCCCCCC/C=C\CCCCCCCC. The first-order chi connectivity index (χ1) is 53.7. The van der Waals surface area contributed by atoms with E-state index < -0.39 is 97.5 Å². The number of aliphatic hydroxyl groups excluding tert-OH is 1. The van der Waals surface area contributed by atoms with Crippen molar-refractivity contribution in [3.05, 3.63) is 122 Å². The second kappa shape index (κ2) is 82.4. The molecule has 3 N–H and O–H groups in total. The summed E-state index contributed by atoms with van der Waals surface area (Å²) in [5, 5.41) is 10.7. The fraction of sp³-hybridized carbons (Fsp3) is 0.736. The van der Waals surface area contributed by atoms with Crippen molar-refractivity contribution < 1.29 is 80.2 Å². The van der Waals surface area contributed by atoms with Crippen molar-refractivity contribution in [1.82, 2.24) is 0 Å². The summed E-state index contributed by atoms with van der Waals surface area (Å²) in [7, 11) is -9.98. The number of unbranched alkanes of at least 4 members (excludes halogenated alkanes) is 36. The van der Waals surface area contributed by atoms with Gasteiger partial charge in [0.05, 0.1) is 26.4 Å². The zero-order valence-electron chi connectivity index (χ0n) is 69.7. The lowest BCUT2D eigenvalue weighted by Gasteiger charge is -2.21. The van der Waals surface area contributed by atoms with Gasteiger partial charge in [0, 0.05) is 25.7 Å². The Bertz CT molecular complexity index is 2550. The van der Waals surface area contributed by atoms with Crippen molar-refractivity contribution in [2.24, 2.45) is 0 Å². The van der Waals surface area contributed by atoms with Crippen molar-refractivity contribution in [2.45, 2.75) is 393 Å². The number of phosphoric ester groups is 2. The number of esters is 4. The van der Waals surface area contributed by atoms with Crippen LogP contribution in [0, 0.1) is 0 Å². The van der Waals surface area contributed by atoms with Crippen LogP contribution in [0.2, 0.25) is 0 Å². The third kappa shape index (κ3) is 81.5. The first-order valence-corrected chi connectivity index (χ1v) is 46.8. The summed E-state index contributed by atoms with van der Waals surface area (Å²) in [6.07, 6.45) is 92.9. The lowest BCUT2D eigenvalue weighted by molar-refractivity contribution is -0.161. The minimum absolute atomic E-state index is 0.0788. The number of phosphoric acid groups is 2. The van der Waals surface area contributed by atoms with Gasteiger partial charge in [-0.2, -0.15) is 0 Å². The van der Waals surface area contributed by atoms with Crippen LogP contribution in [-0.2, 0) is 65.4 Å². The van der Waals surface area contributed by atoms with Crippen LogP contribution in [0.1, 0.15) is 374 Å². The van der Waals surface area contributed by atoms with Crippen LogP contribution in [0.15, 0.2) is 122 Å². The smallest absolute Gasteiger partial charge is 0.462 e. The second-order valence-corrected chi connectivity index (χ2v) is 32.0. The number of aliphatic hydroxyl groups is 1. The molecule has 0 aromatic heterocycles. The van der Waals surface area contributed by atoms with E-state index in [4.69, 9.17) is 37.0 Å². The molecule has 0 fully saturated rings. The summed E-state index contributed by atoms with van der Waals surface area (Å²) >= 11 is 0. The van der Waals surface area contributed by atoms with Crippen molar-refractivity contribution in [1.29, 1.82) is 0 Å². The molecule has 0 heterocycles. The normalized spacial score (nSPS) is 14.4. The van der Waals surface area contributed by atoms with Crippen LogP contribution in [0.4, 0.5) is 0 Å². The lowest BCUT2D eigenvalue weighted by Crippen LogP contribution is -2.30. The molecule has 0 radical (unpaired) electrons. The molecule has 0 aliphatic carbocycles. The van der Waals surface area contributed by atoms with Gasteiger partial charge in [0.2, 0.25) is 0 Å². The Morgan fingerprint density at radius 3 is 0.755 bits per heavy atom. The molecule has 0 saturated carbocycles. The monoisotopic (exact) mass is 1590 g/mol. The molecule has 5 atom stereocenters. The summed E-state index contributed by atoms with van der Waals surface area (Å²) in [5.74, 6) is -2.21. The van der Waals surface area contributed by atoms with Crippen LogP contribution in [0.3, 0.4) is 0 Å². The van der Waals surface area contributed by atoms with Crippen LogP contribution in [-0.4, -0.2) is 96.7 Å². The third-order valence-corrected chi connectivity index (χ3v) is 20.3. The molecule has 110 heavy (non-hydrogen) atoms. The summed E-state index contributed by atoms with van der Waals surface area (Å²) in [4.78, 5) is 73.3. The number of hydrogen-bond donors (Lipinski definition) is 3. The molecule has 0 aliphatic heterocycles. The summed E-state index contributed by atoms with van der Waals surface area (Å²) < 4.78 is 68.9. The van der Waals surface area contributed by atoms with Gasteiger partial charge in [-0.3, -0.25) is 37.3 Å². The van der Waals surface area contributed by atoms with Gasteiger partial charge in [0.25, 0.3) is 0 Å². The van der Waals surface area contributed by atoms with E-state index in [-0.39, 0.29) is 25.7 Å². The highest BCUT2D eigenvalue weighted by molar-refractivity contribution is 7.47. The number of hydrogen-bond acceptors (Lipinski definition) is 15. The molecule has 634 valence electrons. The van der Waals surface area contributed by atoms with Crippen LogP contribution >= 0.6 is 15.6 Å². The highest BCUT2D eigenvalue weighted by atomic mass is 31.2. The van der Waals surface area contributed by atoms with E-state index in [0.29, 0.717) is 25.7 Å². The van der Waals surface area contributed by atoms with E-state index in [1.165, 1.54) is 77.0 Å². The highest BCUT2D eigenvalue weighted by Crippen LogP contribution is 2.45. The molecule has 0 bridgehead atoms. The fourth-order valence-corrected chi connectivity index (χ4v) is 13.3. The molecule has 17 nitrogen and oxygen atoms in total. The molecule has 19 heteroatoms. The highest BCUT2D eigenvalue weighted by Gasteiger charge is 2.30. The minimum Gasteiger partial charge on any atom is -0.462 e. The molecular formula is C91H158O17P2.